The molecule has 179 valence electrons. The summed E-state index contributed by atoms with van der Waals surface area (Å²) in [5.41, 5.74) is 1.85. The molecule has 4 aromatic rings. The van der Waals surface area contributed by atoms with Crippen LogP contribution in [0.1, 0.15) is 40.5 Å². The summed E-state index contributed by atoms with van der Waals surface area (Å²) in [6.45, 7) is 8.00. The number of carbonyl (C=O) groups excluding carboxylic acids is 1. The SMILES string of the molecule is CC(C)CC(=O)C=C(O)CC(C)C.[Ir].[c-]1ccccc1-c1ncc2ccc3cnccc3c2n1. The first kappa shape index (κ1) is 27.3. The maximum absolute atomic E-state index is 11.2. The van der Waals surface area contributed by atoms with Gasteiger partial charge in [-0.2, -0.15) is 0 Å². The fraction of sp³-hybridized carbons (Fsp3) is 0.286. The van der Waals surface area contributed by atoms with Crippen LogP contribution in [-0.2, 0) is 24.9 Å². The molecule has 0 fully saturated rings. The summed E-state index contributed by atoms with van der Waals surface area (Å²) in [4.78, 5) is 24.5. The third-order valence-electron chi connectivity index (χ3n) is 4.87. The number of pyridine rings is 1. The van der Waals surface area contributed by atoms with Gasteiger partial charge < -0.3 is 5.11 Å². The number of nitrogens with zero attached hydrogens (tertiary/aromatic N) is 3. The van der Waals surface area contributed by atoms with Crippen molar-refractivity contribution in [2.75, 3.05) is 0 Å². The zero-order chi connectivity index (χ0) is 23.8. The molecule has 0 aliphatic heterocycles. The molecule has 34 heavy (non-hydrogen) atoms. The molecular formula is C28H30IrN3O2-. The van der Waals surface area contributed by atoms with Crippen molar-refractivity contribution >= 4 is 27.5 Å². The summed E-state index contributed by atoms with van der Waals surface area (Å²) >= 11 is 0. The van der Waals surface area contributed by atoms with Crippen molar-refractivity contribution in [1.82, 2.24) is 15.0 Å². The van der Waals surface area contributed by atoms with E-state index < -0.39 is 0 Å². The molecule has 0 bridgehead atoms. The van der Waals surface area contributed by atoms with Gasteiger partial charge in [-0.05, 0) is 17.9 Å². The van der Waals surface area contributed by atoms with E-state index in [1.807, 2.05) is 82.6 Å². The number of aliphatic hydroxyl groups is 1. The molecule has 1 N–H and O–H groups in total. The van der Waals surface area contributed by atoms with Crippen LogP contribution in [0.4, 0.5) is 0 Å². The Balaban J connectivity index is 0.000000258. The molecule has 6 heteroatoms. The van der Waals surface area contributed by atoms with E-state index in [9.17, 15) is 9.90 Å². The molecule has 0 aliphatic carbocycles. The number of hydrogen-bond acceptors (Lipinski definition) is 5. The summed E-state index contributed by atoms with van der Waals surface area (Å²) in [6.07, 6.45) is 7.97. The van der Waals surface area contributed by atoms with Crippen LogP contribution in [0.5, 0.6) is 0 Å². The van der Waals surface area contributed by atoms with Gasteiger partial charge in [-0.1, -0.05) is 39.8 Å². The second kappa shape index (κ2) is 13.1. The molecule has 5 nitrogen and oxygen atoms in total. The molecular weight excluding hydrogens is 603 g/mol. The van der Waals surface area contributed by atoms with E-state index >= 15 is 0 Å². The van der Waals surface area contributed by atoms with E-state index in [1.165, 1.54) is 6.08 Å². The van der Waals surface area contributed by atoms with E-state index in [0.717, 1.165) is 27.2 Å². The number of aromatic nitrogens is 3. The molecule has 2 heterocycles. The summed E-state index contributed by atoms with van der Waals surface area (Å²) < 4.78 is 0. The van der Waals surface area contributed by atoms with Crippen molar-refractivity contribution in [3.8, 4) is 11.4 Å². The molecule has 4 rings (SSSR count). The normalized spacial score (nSPS) is 11.3. The van der Waals surface area contributed by atoms with Crippen molar-refractivity contribution < 1.29 is 30.0 Å². The number of aliphatic hydroxyl groups excluding tert-OH is 1. The third kappa shape index (κ3) is 7.82. The maximum atomic E-state index is 11.2. The Bertz CT molecular complexity index is 1250. The predicted octanol–water partition coefficient (Wildman–Crippen LogP) is 6.73. The standard InChI is InChI=1S/C17H10N3.C11H20O2.Ir/c1-2-4-12(5-3-1)17-19-11-14-7-6-13-10-18-9-8-15(13)16(14)20-17;1-8(2)5-10(12)7-11(13)6-9(3)4;/h1-4,6-11H;7-9,12H,5-6H2,1-4H3;/q-1;;. The molecule has 0 unspecified atom stereocenters. The van der Waals surface area contributed by atoms with Crippen LogP contribution in [0.3, 0.4) is 0 Å². The van der Waals surface area contributed by atoms with Gasteiger partial charge in [-0.15, -0.1) is 35.9 Å². The first-order valence-electron chi connectivity index (χ1n) is 11.2. The van der Waals surface area contributed by atoms with Crippen LogP contribution < -0.4 is 0 Å². The van der Waals surface area contributed by atoms with E-state index in [0.29, 0.717) is 30.5 Å². The van der Waals surface area contributed by atoms with Gasteiger partial charge in [0.05, 0.1) is 17.1 Å². The van der Waals surface area contributed by atoms with Gasteiger partial charge in [-0.25, -0.2) is 0 Å². The van der Waals surface area contributed by atoms with Gasteiger partial charge in [0.25, 0.3) is 0 Å². The largest absolute Gasteiger partial charge is 0.512 e. The predicted molar refractivity (Wildman–Crippen MR) is 134 cm³/mol. The molecule has 1 radical (unpaired) electrons. The Kier molecular flexibility index (Phi) is 10.5. The van der Waals surface area contributed by atoms with E-state index in [4.69, 9.17) is 4.98 Å². The number of carbonyl (C=O) groups is 1. The minimum atomic E-state index is 0. The molecule has 0 aliphatic rings. The van der Waals surface area contributed by atoms with Crippen molar-refractivity contribution in [1.29, 1.82) is 0 Å². The molecule has 0 saturated heterocycles. The van der Waals surface area contributed by atoms with E-state index in [2.05, 4.69) is 16.0 Å². The maximum Gasteiger partial charge on any atom is 0.159 e. The van der Waals surface area contributed by atoms with Gasteiger partial charge >= 0.3 is 0 Å². The van der Waals surface area contributed by atoms with Crippen molar-refractivity contribution in [3.63, 3.8) is 0 Å². The topological polar surface area (TPSA) is 76.0 Å². The first-order valence-corrected chi connectivity index (χ1v) is 11.2. The second-order valence-corrected chi connectivity index (χ2v) is 8.87. The van der Waals surface area contributed by atoms with Crippen LogP contribution in [0.25, 0.3) is 33.1 Å². The van der Waals surface area contributed by atoms with Gasteiger partial charge in [0.1, 0.15) is 0 Å². The average molecular weight is 633 g/mol. The Hall–Kier alpha value is -2.95. The zero-order valence-electron chi connectivity index (χ0n) is 20.0. The Morgan fingerprint density at radius 1 is 1.00 bits per heavy atom. The summed E-state index contributed by atoms with van der Waals surface area (Å²) in [7, 11) is 0. The van der Waals surface area contributed by atoms with E-state index in [-0.39, 0.29) is 31.6 Å². The smallest absolute Gasteiger partial charge is 0.159 e. The van der Waals surface area contributed by atoms with Crippen LogP contribution in [0.2, 0.25) is 0 Å². The number of allylic oxidation sites excluding steroid dienone is 2. The Morgan fingerprint density at radius 2 is 1.74 bits per heavy atom. The molecule has 2 aromatic heterocycles. The quantitative estimate of drug-likeness (QED) is 0.110. The molecule has 0 atom stereocenters. The third-order valence-corrected chi connectivity index (χ3v) is 4.87. The minimum Gasteiger partial charge on any atom is -0.512 e. The molecule has 0 amide bonds. The minimum absolute atomic E-state index is 0. The molecule has 0 saturated carbocycles. The Morgan fingerprint density at radius 3 is 2.41 bits per heavy atom. The summed E-state index contributed by atoms with van der Waals surface area (Å²) in [5.74, 6) is 1.68. The fourth-order valence-corrected chi connectivity index (χ4v) is 3.45. The van der Waals surface area contributed by atoms with Crippen molar-refractivity contribution in [3.05, 3.63) is 79.0 Å². The molecule has 2 aromatic carbocycles. The second-order valence-electron chi connectivity index (χ2n) is 8.87. The van der Waals surface area contributed by atoms with E-state index in [1.54, 1.807) is 6.20 Å². The van der Waals surface area contributed by atoms with Crippen LogP contribution in [0.15, 0.2) is 72.9 Å². The molecule has 0 spiro atoms. The van der Waals surface area contributed by atoms with Crippen LogP contribution >= 0.6 is 0 Å². The number of benzene rings is 2. The van der Waals surface area contributed by atoms with Gasteiger partial charge in [-0.3, -0.25) is 19.7 Å². The number of hydrogen-bond donors (Lipinski definition) is 1. The number of ketones is 1. The number of fused-ring (bicyclic) bond motifs is 3. The van der Waals surface area contributed by atoms with Gasteiger partial charge in [0.15, 0.2) is 5.78 Å². The zero-order valence-corrected chi connectivity index (χ0v) is 22.3. The van der Waals surface area contributed by atoms with Crippen molar-refractivity contribution in [2.24, 2.45) is 11.8 Å². The number of rotatable bonds is 6. The average Bonchev–Trinajstić information content (AvgIpc) is 2.78. The fourth-order valence-electron chi connectivity index (χ4n) is 3.45. The van der Waals surface area contributed by atoms with Gasteiger partial charge in [0, 0.05) is 73.8 Å². The first-order chi connectivity index (χ1) is 15.8. The Labute approximate surface area is 214 Å². The van der Waals surface area contributed by atoms with Gasteiger partial charge in [0.2, 0.25) is 0 Å². The monoisotopic (exact) mass is 633 g/mol. The summed E-state index contributed by atoms with van der Waals surface area (Å²) in [5, 5.41) is 12.6. The van der Waals surface area contributed by atoms with Crippen molar-refractivity contribution in [2.45, 2.75) is 40.5 Å². The summed E-state index contributed by atoms with van der Waals surface area (Å²) in [6, 6.07) is 17.0. The van der Waals surface area contributed by atoms with Crippen LogP contribution in [-0.4, -0.2) is 25.8 Å². The van der Waals surface area contributed by atoms with Crippen LogP contribution in [0, 0.1) is 17.9 Å².